The van der Waals surface area contributed by atoms with Crippen LogP contribution in [0.3, 0.4) is 0 Å². The Morgan fingerprint density at radius 1 is 1.43 bits per heavy atom. The lowest BCUT2D eigenvalue weighted by atomic mass is 10.0. The highest BCUT2D eigenvalue weighted by Gasteiger charge is 2.15. The summed E-state index contributed by atoms with van der Waals surface area (Å²) in [5.41, 5.74) is 5.85. The molecule has 1 saturated heterocycles. The first-order valence-electron chi connectivity index (χ1n) is 7.05. The molecule has 1 aliphatic rings. The molecule has 0 aliphatic carbocycles. The van der Waals surface area contributed by atoms with Crippen molar-refractivity contribution in [2.45, 2.75) is 12.8 Å². The average Bonchev–Trinajstić information content (AvgIpc) is 2.52. The van der Waals surface area contributed by atoms with Gasteiger partial charge in [0.1, 0.15) is 5.82 Å². The third kappa shape index (κ3) is 4.76. The molecule has 0 bridgehead atoms. The maximum atomic E-state index is 13.8. The maximum absolute atomic E-state index is 13.8. The number of benzene rings is 1. The molecule has 1 fully saturated rings. The summed E-state index contributed by atoms with van der Waals surface area (Å²) in [5.74, 6) is 7.37. The highest BCUT2D eigenvalue weighted by atomic mass is 32.2. The number of hydrogen-bond donors (Lipinski definition) is 2. The molecule has 0 aromatic heterocycles. The number of carbonyl (C=O) groups excluding carboxylic acids is 1. The molecule has 3 nitrogen and oxygen atoms in total. The highest BCUT2D eigenvalue weighted by molar-refractivity contribution is 7.99. The van der Waals surface area contributed by atoms with Crippen molar-refractivity contribution in [3.05, 3.63) is 35.1 Å². The van der Waals surface area contributed by atoms with E-state index in [1.54, 1.807) is 6.07 Å². The Balaban J connectivity index is 1.94. The van der Waals surface area contributed by atoms with E-state index < -0.39 is 5.82 Å². The van der Waals surface area contributed by atoms with E-state index in [2.05, 4.69) is 17.2 Å². The fourth-order valence-electron chi connectivity index (χ4n) is 2.19. The van der Waals surface area contributed by atoms with Crippen LogP contribution in [0.1, 0.15) is 28.8 Å². The summed E-state index contributed by atoms with van der Waals surface area (Å²) < 4.78 is 13.8. The van der Waals surface area contributed by atoms with Crippen LogP contribution in [0.15, 0.2) is 18.2 Å². The molecule has 0 spiro atoms. The Kier molecular flexibility index (Phi) is 6.09. The molecule has 0 unspecified atom stereocenters. The van der Waals surface area contributed by atoms with E-state index in [4.69, 9.17) is 5.73 Å². The van der Waals surface area contributed by atoms with Gasteiger partial charge in [-0.3, -0.25) is 4.79 Å². The van der Waals surface area contributed by atoms with E-state index in [1.807, 2.05) is 11.8 Å². The van der Waals surface area contributed by atoms with Crippen LogP contribution in [-0.2, 0) is 0 Å². The Hall–Kier alpha value is -1.51. The predicted molar refractivity (Wildman–Crippen MR) is 84.7 cm³/mol. The molecule has 1 aromatic carbocycles. The highest BCUT2D eigenvalue weighted by Crippen LogP contribution is 2.22. The molecular weight excluding hydrogens is 287 g/mol. The zero-order chi connectivity index (χ0) is 15.1. The minimum absolute atomic E-state index is 0.182. The van der Waals surface area contributed by atoms with Gasteiger partial charge in [-0.1, -0.05) is 11.8 Å². The molecule has 5 heteroatoms. The van der Waals surface area contributed by atoms with E-state index >= 15 is 0 Å². The van der Waals surface area contributed by atoms with Crippen LogP contribution in [0.5, 0.6) is 0 Å². The van der Waals surface area contributed by atoms with Crippen molar-refractivity contribution in [2.24, 2.45) is 11.7 Å². The lowest BCUT2D eigenvalue weighted by Crippen LogP contribution is -2.31. The zero-order valence-electron chi connectivity index (χ0n) is 11.8. The quantitative estimate of drug-likeness (QED) is 0.840. The SMILES string of the molecule is NCC#Cc1ccc(C(=O)NCC2CCSCC2)cc1F. The third-order valence-electron chi connectivity index (χ3n) is 3.45. The molecular formula is C16H19FN2OS. The van der Waals surface area contributed by atoms with Crippen LogP contribution in [0.2, 0.25) is 0 Å². The first-order valence-corrected chi connectivity index (χ1v) is 8.20. The number of hydrogen-bond acceptors (Lipinski definition) is 3. The standard InChI is InChI=1S/C16H19FN2OS/c17-15-10-14(4-3-13(15)2-1-7-18)16(20)19-11-12-5-8-21-9-6-12/h3-4,10,12H,5-9,11,18H2,(H,19,20). The Morgan fingerprint density at radius 2 is 2.19 bits per heavy atom. The monoisotopic (exact) mass is 306 g/mol. The fraction of sp³-hybridized carbons (Fsp3) is 0.438. The Labute approximate surface area is 128 Å². The van der Waals surface area contributed by atoms with Crippen LogP contribution in [0.25, 0.3) is 0 Å². The number of amides is 1. The van der Waals surface area contributed by atoms with Crippen LogP contribution in [0.4, 0.5) is 4.39 Å². The lowest BCUT2D eigenvalue weighted by Gasteiger charge is -2.21. The first kappa shape index (κ1) is 15.9. The summed E-state index contributed by atoms with van der Waals surface area (Å²) in [5, 5.41) is 2.89. The van der Waals surface area contributed by atoms with Gasteiger partial charge >= 0.3 is 0 Å². The van der Waals surface area contributed by atoms with Gasteiger partial charge in [-0.25, -0.2) is 4.39 Å². The van der Waals surface area contributed by atoms with Crippen molar-refractivity contribution >= 4 is 17.7 Å². The van der Waals surface area contributed by atoms with E-state index in [0.29, 0.717) is 18.0 Å². The van der Waals surface area contributed by atoms with Gasteiger partial charge in [0.05, 0.1) is 12.1 Å². The van der Waals surface area contributed by atoms with Gasteiger partial charge in [0.2, 0.25) is 0 Å². The smallest absolute Gasteiger partial charge is 0.251 e. The number of nitrogens with two attached hydrogens (primary N) is 1. The second kappa shape index (κ2) is 8.06. The molecule has 1 aromatic rings. The number of nitrogens with one attached hydrogen (secondary N) is 1. The van der Waals surface area contributed by atoms with E-state index in [0.717, 1.165) is 24.3 Å². The summed E-state index contributed by atoms with van der Waals surface area (Å²) >= 11 is 1.96. The van der Waals surface area contributed by atoms with Crippen LogP contribution in [0, 0.1) is 23.6 Å². The zero-order valence-corrected chi connectivity index (χ0v) is 12.6. The molecule has 112 valence electrons. The summed E-state index contributed by atoms with van der Waals surface area (Å²) in [7, 11) is 0. The maximum Gasteiger partial charge on any atom is 0.251 e. The van der Waals surface area contributed by atoms with Crippen LogP contribution >= 0.6 is 11.8 Å². The fourth-order valence-corrected chi connectivity index (χ4v) is 3.40. The minimum Gasteiger partial charge on any atom is -0.352 e. The van der Waals surface area contributed by atoms with Crippen LogP contribution < -0.4 is 11.1 Å². The average molecular weight is 306 g/mol. The summed E-state index contributed by atoms with van der Waals surface area (Å²) in [6.07, 6.45) is 2.26. The van der Waals surface area contributed by atoms with Gasteiger partial charge in [0, 0.05) is 12.1 Å². The molecule has 3 N–H and O–H groups in total. The molecule has 1 amide bonds. The number of rotatable bonds is 3. The summed E-state index contributed by atoms with van der Waals surface area (Å²) in [6.45, 7) is 0.844. The first-order chi connectivity index (χ1) is 10.2. The molecule has 2 rings (SSSR count). The summed E-state index contributed by atoms with van der Waals surface area (Å²) in [6, 6.07) is 4.34. The van der Waals surface area contributed by atoms with Gasteiger partial charge in [-0.2, -0.15) is 11.8 Å². The normalized spacial score (nSPS) is 15.1. The molecule has 1 heterocycles. The van der Waals surface area contributed by atoms with E-state index in [1.165, 1.54) is 12.1 Å². The Bertz CT molecular complexity index is 559. The largest absolute Gasteiger partial charge is 0.352 e. The van der Waals surface area contributed by atoms with Gasteiger partial charge in [-0.15, -0.1) is 0 Å². The molecule has 1 aliphatic heterocycles. The molecule has 0 radical (unpaired) electrons. The van der Waals surface area contributed by atoms with Crippen molar-refractivity contribution in [2.75, 3.05) is 24.6 Å². The minimum atomic E-state index is -0.488. The number of halogens is 1. The number of carbonyl (C=O) groups is 1. The van der Waals surface area contributed by atoms with Gasteiger partial charge in [0.25, 0.3) is 5.91 Å². The summed E-state index contributed by atoms with van der Waals surface area (Å²) in [4.78, 5) is 12.0. The third-order valence-corrected chi connectivity index (χ3v) is 4.50. The predicted octanol–water partition coefficient (Wildman–Crippen LogP) is 2.01. The van der Waals surface area contributed by atoms with Crippen LogP contribution in [-0.4, -0.2) is 30.5 Å². The second-order valence-electron chi connectivity index (χ2n) is 4.97. The van der Waals surface area contributed by atoms with Crippen molar-refractivity contribution < 1.29 is 9.18 Å². The van der Waals surface area contributed by atoms with Crippen molar-refractivity contribution in [3.8, 4) is 11.8 Å². The van der Waals surface area contributed by atoms with Crippen molar-refractivity contribution in [1.82, 2.24) is 5.32 Å². The molecule has 0 atom stereocenters. The van der Waals surface area contributed by atoms with E-state index in [-0.39, 0.29) is 18.0 Å². The second-order valence-corrected chi connectivity index (χ2v) is 6.19. The van der Waals surface area contributed by atoms with Crippen molar-refractivity contribution in [3.63, 3.8) is 0 Å². The van der Waals surface area contributed by atoms with Crippen molar-refractivity contribution in [1.29, 1.82) is 0 Å². The van der Waals surface area contributed by atoms with Gasteiger partial charge < -0.3 is 11.1 Å². The van der Waals surface area contributed by atoms with Gasteiger partial charge in [0.15, 0.2) is 0 Å². The lowest BCUT2D eigenvalue weighted by molar-refractivity contribution is 0.0946. The van der Waals surface area contributed by atoms with E-state index in [9.17, 15) is 9.18 Å². The van der Waals surface area contributed by atoms with Gasteiger partial charge in [-0.05, 0) is 48.5 Å². The topological polar surface area (TPSA) is 55.1 Å². The molecule has 21 heavy (non-hydrogen) atoms. The number of thioether (sulfide) groups is 1. The Morgan fingerprint density at radius 3 is 2.86 bits per heavy atom. The molecule has 0 saturated carbocycles.